The Hall–Kier alpha value is -1.25. The molecule has 130 valence electrons. The number of carbonyl (C=O) groups is 2. The van der Waals surface area contributed by atoms with Gasteiger partial charge < -0.3 is 15.0 Å². The summed E-state index contributed by atoms with van der Waals surface area (Å²) in [5, 5.41) is 2.88. The van der Waals surface area contributed by atoms with Crippen molar-refractivity contribution in [2.75, 3.05) is 19.4 Å². The summed E-state index contributed by atoms with van der Waals surface area (Å²) in [6.07, 6.45) is 0. The van der Waals surface area contributed by atoms with Crippen LogP contribution in [0.2, 0.25) is 0 Å². The zero-order valence-corrected chi connectivity index (χ0v) is 16.9. The van der Waals surface area contributed by atoms with E-state index in [0.717, 1.165) is 15.3 Å². The van der Waals surface area contributed by atoms with Gasteiger partial charge in [0.25, 0.3) is 5.91 Å². The fraction of sp³-hybridized carbons (Fsp3) is 0.375. The van der Waals surface area contributed by atoms with Gasteiger partial charge in [-0.3, -0.25) is 4.79 Å². The first-order chi connectivity index (χ1) is 11.4. The summed E-state index contributed by atoms with van der Waals surface area (Å²) < 4.78 is 5.88. The molecule has 1 amide bonds. The summed E-state index contributed by atoms with van der Waals surface area (Å²) in [7, 11) is 1.33. The number of aromatic amines is 1. The number of esters is 1. The SMILES string of the molecule is COC(=O)c1c(C)[nH]c(C(=O)NCCSCc2ccc(Br)s2)c1C. The van der Waals surface area contributed by atoms with Crippen molar-refractivity contribution in [1.82, 2.24) is 10.3 Å². The van der Waals surface area contributed by atoms with Crippen LogP contribution >= 0.6 is 39.0 Å². The van der Waals surface area contributed by atoms with E-state index in [1.807, 2.05) is 6.07 Å². The predicted molar refractivity (Wildman–Crippen MR) is 102 cm³/mol. The Labute approximate surface area is 157 Å². The number of thiophene rings is 1. The second-order valence-electron chi connectivity index (χ2n) is 5.13. The van der Waals surface area contributed by atoms with Crippen LogP contribution in [0.25, 0.3) is 0 Å². The lowest BCUT2D eigenvalue weighted by molar-refractivity contribution is 0.0599. The number of H-pyrrole nitrogens is 1. The quantitative estimate of drug-likeness (QED) is 0.515. The molecular formula is C16H19BrN2O3S2. The van der Waals surface area contributed by atoms with Crippen molar-refractivity contribution in [3.8, 4) is 0 Å². The average Bonchev–Trinajstić information content (AvgIpc) is 3.09. The van der Waals surface area contributed by atoms with Gasteiger partial charge in [-0.1, -0.05) is 0 Å². The maximum absolute atomic E-state index is 12.3. The van der Waals surface area contributed by atoms with E-state index in [9.17, 15) is 9.59 Å². The minimum atomic E-state index is -0.432. The van der Waals surface area contributed by atoms with Crippen molar-refractivity contribution in [3.63, 3.8) is 0 Å². The molecule has 0 aliphatic rings. The lowest BCUT2D eigenvalue weighted by Gasteiger charge is -2.05. The van der Waals surface area contributed by atoms with E-state index in [0.29, 0.717) is 29.1 Å². The molecule has 5 nitrogen and oxygen atoms in total. The second-order valence-corrected chi connectivity index (χ2v) is 8.78. The molecule has 0 atom stereocenters. The molecule has 0 fully saturated rings. The fourth-order valence-corrected chi connectivity index (χ4v) is 4.76. The average molecular weight is 431 g/mol. The second kappa shape index (κ2) is 8.73. The Balaban J connectivity index is 1.83. The number of halogens is 1. The monoisotopic (exact) mass is 430 g/mol. The number of nitrogens with one attached hydrogen (secondary N) is 2. The van der Waals surface area contributed by atoms with E-state index >= 15 is 0 Å². The van der Waals surface area contributed by atoms with Gasteiger partial charge in [-0.05, 0) is 47.5 Å². The van der Waals surface area contributed by atoms with Crippen LogP contribution in [0.15, 0.2) is 15.9 Å². The van der Waals surface area contributed by atoms with Crippen LogP contribution in [0.3, 0.4) is 0 Å². The molecule has 0 saturated heterocycles. The van der Waals surface area contributed by atoms with Crippen molar-refractivity contribution in [2.24, 2.45) is 0 Å². The largest absolute Gasteiger partial charge is 0.465 e. The van der Waals surface area contributed by atoms with E-state index in [-0.39, 0.29) is 5.91 Å². The molecule has 24 heavy (non-hydrogen) atoms. The molecule has 2 heterocycles. The van der Waals surface area contributed by atoms with Crippen LogP contribution in [-0.4, -0.2) is 36.3 Å². The van der Waals surface area contributed by atoms with Crippen molar-refractivity contribution in [1.29, 1.82) is 0 Å². The Morgan fingerprint density at radius 1 is 1.38 bits per heavy atom. The highest BCUT2D eigenvalue weighted by Gasteiger charge is 2.22. The lowest BCUT2D eigenvalue weighted by atomic mass is 10.1. The van der Waals surface area contributed by atoms with E-state index < -0.39 is 5.97 Å². The third kappa shape index (κ3) is 4.64. The van der Waals surface area contributed by atoms with E-state index in [1.54, 1.807) is 36.9 Å². The van der Waals surface area contributed by atoms with Crippen LogP contribution < -0.4 is 5.32 Å². The van der Waals surface area contributed by atoms with Crippen LogP contribution in [0.1, 0.15) is 37.0 Å². The zero-order valence-electron chi connectivity index (χ0n) is 13.7. The molecule has 0 unspecified atom stereocenters. The highest BCUT2D eigenvalue weighted by molar-refractivity contribution is 9.11. The topological polar surface area (TPSA) is 71.2 Å². The van der Waals surface area contributed by atoms with Crippen LogP contribution in [0.5, 0.6) is 0 Å². The van der Waals surface area contributed by atoms with Crippen molar-refractivity contribution in [3.05, 3.63) is 43.3 Å². The molecule has 0 radical (unpaired) electrons. The third-order valence-electron chi connectivity index (χ3n) is 3.46. The molecule has 2 aromatic rings. The Bertz CT molecular complexity index is 740. The summed E-state index contributed by atoms with van der Waals surface area (Å²) in [5.41, 5.74) is 2.11. The maximum Gasteiger partial charge on any atom is 0.339 e. The summed E-state index contributed by atoms with van der Waals surface area (Å²) in [5.74, 6) is 1.12. The van der Waals surface area contributed by atoms with Crippen molar-refractivity contribution in [2.45, 2.75) is 19.6 Å². The number of carbonyl (C=O) groups excluding carboxylic acids is 2. The summed E-state index contributed by atoms with van der Waals surface area (Å²) >= 11 is 6.93. The minimum Gasteiger partial charge on any atom is -0.465 e. The summed E-state index contributed by atoms with van der Waals surface area (Å²) in [6, 6.07) is 4.14. The molecular weight excluding hydrogens is 412 g/mol. The van der Waals surface area contributed by atoms with Crippen LogP contribution in [0, 0.1) is 13.8 Å². The third-order valence-corrected chi connectivity index (χ3v) is 6.27. The molecule has 2 rings (SSSR count). The number of aryl methyl sites for hydroxylation is 1. The van der Waals surface area contributed by atoms with Gasteiger partial charge >= 0.3 is 5.97 Å². The zero-order chi connectivity index (χ0) is 17.7. The Morgan fingerprint density at radius 2 is 2.12 bits per heavy atom. The molecule has 0 aromatic carbocycles. The summed E-state index contributed by atoms with van der Waals surface area (Å²) in [4.78, 5) is 28.3. The first kappa shape index (κ1) is 19.1. The van der Waals surface area contributed by atoms with Gasteiger partial charge in [0.1, 0.15) is 5.69 Å². The van der Waals surface area contributed by atoms with Crippen molar-refractivity contribution < 1.29 is 14.3 Å². The number of hydrogen-bond donors (Lipinski definition) is 2. The number of rotatable bonds is 7. The molecule has 0 saturated carbocycles. The number of ether oxygens (including phenoxy) is 1. The standard InChI is InChI=1S/C16H19BrN2O3S2/c1-9-13(16(21)22-3)10(2)19-14(9)15(20)18-6-7-23-8-11-4-5-12(17)24-11/h4-5,19H,6-8H2,1-3H3,(H,18,20). The number of aromatic nitrogens is 1. The molecule has 0 bridgehead atoms. The van der Waals surface area contributed by atoms with Gasteiger partial charge in [0, 0.05) is 28.6 Å². The minimum absolute atomic E-state index is 0.203. The highest BCUT2D eigenvalue weighted by atomic mass is 79.9. The van der Waals surface area contributed by atoms with Gasteiger partial charge in [-0.2, -0.15) is 11.8 Å². The molecule has 2 aromatic heterocycles. The molecule has 0 aliphatic carbocycles. The Kier molecular flexibility index (Phi) is 6.94. The number of thioether (sulfide) groups is 1. The number of methoxy groups -OCH3 is 1. The number of amides is 1. The predicted octanol–water partition coefficient (Wildman–Crippen LogP) is 3.91. The Morgan fingerprint density at radius 3 is 2.75 bits per heavy atom. The normalized spacial score (nSPS) is 10.7. The number of hydrogen-bond acceptors (Lipinski definition) is 5. The van der Waals surface area contributed by atoms with Gasteiger partial charge in [0.2, 0.25) is 0 Å². The smallest absolute Gasteiger partial charge is 0.339 e. The van der Waals surface area contributed by atoms with E-state index in [1.165, 1.54) is 12.0 Å². The molecule has 2 N–H and O–H groups in total. The van der Waals surface area contributed by atoms with Gasteiger partial charge in [0.15, 0.2) is 0 Å². The van der Waals surface area contributed by atoms with Gasteiger partial charge in [0.05, 0.1) is 16.5 Å². The highest BCUT2D eigenvalue weighted by Crippen LogP contribution is 2.25. The first-order valence-electron chi connectivity index (χ1n) is 7.31. The maximum atomic E-state index is 12.3. The van der Waals surface area contributed by atoms with Gasteiger partial charge in [-0.15, -0.1) is 11.3 Å². The van der Waals surface area contributed by atoms with Crippen LogP contribution in [0.4, 0.5) is 0 Å². The molecule has 0 aliphatic heterocycles. The lowest BCUT2D eigenvalue weighted by Crippen LogP contribution is -2.26. The first-order valence-corrected chi connectivity index (χ1v) is 10.1. The molecule has 8 heteroatoms. The summed E-state index contributed by atoms with van der Waals surface area (Å²) in [6.45, 7) is 4.07. The fourth-order valence-electron chi connectivity index (χ4n) is 2.31. The van der Waals surface area contributed by atoms with Crippen LogP contribution in [-0.2, 0) is 10.5 Å². The molecule has 0 spiro atoms. The van der Waals surface area contributed by atoms with E-state index in [4.69, 9.17) is 4.74 Å². The van der Waals surface area contributed by atoms with Gasteiger partial charge in [-0.25, -0.2) is 4.79 Å². The van der Waals surface area contributed by atoms with E-state index in [2.05, 4.69) is 32.3 Å². The van der Waals surface area contributed by atoms with Crippen molar-refractivity contribution >= 4 is 50.9 Å².